The molecule has 2 aromatic carbocycles. The van der Waals surface area contributed by atoms with E-state index >= 15 is 0 Å². The molecule has 6 heteroatoms. The molecule has 0 aliphatic heterocycles. The van der Waals surface area contributed by atoms with Gasteiger partial charge >= 0.3 is 5.76 Å². The van der Waals surface area contributed by atoms with Crippen molar-refractivity contribution in [3.8, 4) is 0 Å². The highest BCUT2D eigenvalue weighted by molar-refractivity contribution is 5.90. The molecule has 130 valence electrons. The molecule has 2 atom stereocenters. The van der Waals surface area contributed by atoms with Crippen molar-refractivity contribution in [1.82, 2.24) is 4.57 Å². The van der Waals surface area contributed by atoms with Gasteiger partial charge in [0, 0.05) is 0 Å². The van der Waals surface area contributed by atoms with E-state index in [0.717, 1.165) is 10.1 Å². The van der Waals surface area contributed by atoms with Gasteiger partial charge in [-0.2, -0.15) is 0 Å². The Morgan fingerprint density at radius 2 is 1.84 bits per heavy atom. The van der Waals surface area contributed by atoms with Crippen molar-refractivity contribution >= 4 is 17.0 Å². The summed E-state index contributed by atoms with van der Waals surface area (Å²) in [7, 11) is 0. The van der Waals surface area contributed by atoms with Crippen LogP contribution in [0.4, 0.5) is 0 Å². The number of aliphatic hydroxyl groups excluding tert-OH is 1. The molecule has 0 unspecified atom stereocenters. The van der Waals surface area contributed by atoms with Gasteiger partial charge < -0.3 is 14.3 Å². The van der Waals surface area contributed by atoms with E-state index in [1.54, 1.807) is 31.2 Å². The summed E-state index contributed by atoms with van der Waals surface area (Å²) in [5, 5.41) is 10.2. The van der Waals surface area contributed by atoms with Crippen LogP contribution in [0.2, 0.25) is 0 Å². The van der Waals surface area contributed by atoms with Crippen LogP contribution >= 0.6 is 0 Å². The fourth-order valence-corrected chi connectivity index (χ4v) is 2.56. The highest BCUT2D eigenvalue weighted by atomic mass is 16.5. The number of oxazole rings is 1. The fraction of sp³-hybridized carbons (Fsp3) is 0.263. The van der Waals surface area contributed by atoms with Gasteiger partial charge in [0.05, 0.1) is 30.8 Å². The number of benzene rings is 2. The first-order chi connectivity index (χ1) is 12.1. The second-order valence-electron chi connectivity index (χ2n) is 5.87. The third kappa shape index (κ3) is 3.70. The van der Waals surface area contributed by atoms with Crippen LogP contribution in [0.5, 0.6) is 0 Å². The number of ether oxygens (including phenoxy) is 1. The molecule has 1 aromatic heterocycles. The summed E-state index contributed by atoms with van der Waals surface area (Å²) in [5.74, 6) is -2.09. The smallest absolute Gasteiger partial charge is 0.407 e. The Morgan fingerprint density at radius 3 is 2.60 bits per heavy atom. The average Bonchev–Trinajstić information content (AvgIpc) is 2.97. The van der Waals surface area contributed by atoms with Crippen LogP contribution in [0.1, 0.15) is 17.3 Å². The zero-order valence-electron chi connectivity index (χ0n) is 13.8. The molecule has 0 spiro atoms. The van der Waals surface area contributed by atoms with Crippen molar-refractivity contribution in [2.75, 3.05) is 6.61 Å². The van der Waals surface area contributed by atoms with Gasteiger partial charge in [0.15, 0.2) is 5.58 Å². The van der Waals surface area contributed by atoms with E-state index in [9.17, 15) is 14.7 Å². The lowest BCUT2D eigenvalue weighted by molar-refractivity contribution is 0.00234. The number of carbonyl (C=O) groups excluding carboxylic acids is 1. The van der Waals surface area contributed by atoms with Gasteiger partial charge in [0.1, 0.15) is 0 Å². The number of carbonyl (C=O) groups is 1. The van der Waals surface area contributed by atoms with Crippen LogP contribution < -0.4 is 5.76 Å². The Kier molecular flexibility index (Phi) is 5.11. The predicted molar refractivity (Wildman–Crippen MR) is 92.4 cm³/mol. The summed E-state index contributed by atoms with van der Waals surface area (Å²) in [6.07, 6.45) is -1.03. The first kappa shape index (κ1) is 17.1. The van der Waals surface area contributed by atoms with E-state index in [0.29, 0.717) is 17.7 Å². The molecule has 0 aliphatic carbocycles. The average molecular weight is 341 g/mol. The van der Waals surface area contributed by atoms with Crippen LogP contribution in [0, 0.1) is 5.92 Å². The number of hydrogen-bond donors (Lipinski definition) is 1. The number of rotatable bonds is 6. The second-order valence-corrected chi connectivity index (χ2v) is 5.87. The first-order valence-electron chi connectivity index (χ1n) is 8.02. The van der Waals surface area contributed by atoms with Crippen molar-refractivity contribution in [2.45, 2.75) is 19.6 Å². The molecule has 25 heavy (non-hydrogen) atoms. The Bertz CT molecular complexity index is 912. The van der Waals surface area contributed by atoms with Crippen LogP contribution in [-0.4, -0.2) is 28.3 Å². The Hall–Kier alpha value is -2.70. The molecule has 0 aliphatic rings. The van der Waals surface area contributed by atoms with E-state index in [1.807, 2.05) is 30.3 Å². The molecular formula is C19H19NO5. The lowest BCUT2D eigenvalue weighted by atomic mass is 10.0. The largest absolute Gasteiger partial charge is 0.426 e. The quantitative estimate of drug-likeness (QED) is 0.745. The standard InChI is InChI=1S/C19H19NO5/c1-13(16(21)12-24-11-14-7-3-2-4-8-14)18(22)20-15-9-5-6-10-17(15)25-19(20)23/h2-10,13,16,21H,11-12H2,1H3/t13-,16+/m0/s1. The topological polar surface area (TPSA) is 81.7 Å². The number of aliphatic hydroxyl groups is 1. The molecular weight excluding hydrogens is 322 g/mol. The monoisotopic (exact) mass is 341 g/mol. The van der Waals surface area contributed by atoms with Crippen LogP contribution in [0.15, 0.2) is 63.8 Å². The van der Waals surface area contributed by atoms with Gasteiger partial charge in [0.2, 0.25) is 5.91 Å². The van der Waals surface area contributed by atoms with E-state index < -0.39 is 23.7 Å². The van der Waals surface area contributed by atoms with Crippen LogP contribution in [0.25, 0.3) is 11.1 Å². The maximum Gasteiger partial charge on any atom is 0.426 e. The normalized spacial score (nSPS) is 13.7. The lowest BCUT2D eigenvalue weighted by Gasteiger charge is -2.17. The van der Waals surface area contributed by atoms with Crippen LogP contribution in [0.3, 0.4) is 0 Å². The zero-order chi connectivity index (χ0) is 17.8. The first-order valence-corrected chi connectivity index (χ1v) is 8.02. The van der Waals surface area contributed by atoms with Crippen LogP contribution in [-0.2, 0) is 11.3 Å². The Morgan fingerprint density at radius 1 is 1.16 bits per heavy atom. The number of para-hydroxylation sites is 2. The summed E-state index contributed by atoms with van der Waals surface area (Å²) >= 11 is 0. The van der Waals surface area contributed by atoms with E-state index in [1.165, 1.54) is 0 Å². The summed E-state index contributed by atoms with van der Waals surface area (Å²) in [5.41, 5.74) is 1.70. The third-order valence-electron chi connectivity index (χ3n) is 4.07. The van der Waals surface area contributed by atoms with E-state index in [4.69, 9.17) is 9.15 Å². The summed E-state index contributed by atoms with van der Waals surface area (Å²) in [6.45, 7) is 1.90. The minimum absolute atomic E-state index is 0.00760. The molecule has 0 amide bonds. The maximum absolute atomic E-state index is 12.6. The minimum Gasteiger partial charge on any atom is -0.407 e. The molecule has 3 aromatic rings. The highest BCUT2D eigenvalue weighted by Gasteiger charge is 2.27. The van der Waals surface area contributed by atoms with Gasteiger partial charge in [-0.25, -0.2) is 9.36 Å². The third-order valence-corrected chi connectivity index (χ3v) is 4.07. The van der Waals surface area contributed by atoms with Crippen molar-refractivity contribution in [1.29, 1.82) is 0 Å². The van der Waals surface area contributed by atoms with E-state index in [2.05, 4.69) is 0 Å². The van der Waals surface area contributed by atoms with Gasteiger partial charge in [-0.15, -0.1) is 0 Å². The maximum atomic E-state index is 12.6. The zero-order valence-corrected chi connectivity index (χ0v) is 13.8. The summed E-state index contributed by atoms with van der Waals surface area (Å²) in [4.78, 5) is 24.6. The molecule has 0 fully saturated rings. The molecule has 1 heterocycles. The SMILES string of the molecule is C[C@H](C(=O)n1c(=O)oc2ccccc21)[C@H](O)COCc1ccccc1. The van der Waals surface area contributed by atoms with Crippen molar-refractivity contribution in [3.63, 3.8) is 0 Å². The number of fused-ring (bicyclic) bond motifs is 1. The van der Waals surface area contributed by atoms with Gasteiger partial charge in [-0.05, 0) is 17.7 Å². The number of aromatic nitrogens is 1. The second kappa shape index (κ2) is 7.46. The van der Waals surface area contributed by atoms with Crippen molar-refractivity contribution in [2.24, 2.45) is 5.92 Å². The fourth-order valence-electron chi connectivity index (χ4n) is 2.56. The van der Waals surface area contributed by atoms with E-state index in [-0.39, 0.29) is 6.61 Å². The van der Waals surface area contributed by atoms with Crippen molar-refractivity contribution < 1.29 is 19.1 Å². The van der Waals surface area contributed by atoms with Gasteiger partial charge in [0.25, 0.3) is 0 Å². The van der Waals surface area contributed by atoms with Gasteiger partial charge in [-0.1, -0.05) is 49.4 Å². The molecule has 0 bridgehead atoms. The number of hydrogen-bond acceptors (Lipinski definition) is 5. The molecule has 0 radical (unpaired) electrons. The minimum atomic E-state index is -1.03. The summed E-state index contributed by atoms with van der Waals surface area (Å²) < 4.78 is 11.5. The molecule has 3 rings (SSSR count). The Balaban J connectivity index is 1.67. The molecule has 6 nitrogen and oxygen atoms in total. The number of nitrogens with zero attached hydrogens (tertiary/aromatic N) is 1. The predicted octanol–water partition coefficient (Wildman–Crippen LogP) is 2.45. The molecule has 0 saturated carbocycles. The molecule has 1 N–H and O–H groups in total. The Labute approximate surface area is 144 Å². The molecule has 0 saturated heterocycles. The van der Waals surface area contributed by atoms with Gasteiger partial charge in [-0.3, -0.25) is 4.79 Å². The highest BCUT2D eigenvalue weighted by Crippen LogP contribution is 2.15. The summed E-state index contributed by atoms with van der Waals surface area (Å²) in [6, 6.07) is 16.2. The lowest BCUT2D eigenvalue weighted by Crippen LogP contribution is -2.36. The van der Waals surface area contributed by atoms with Crippen molar-refractivity contribution in [3.05, 3.63) is 70.7 Å².